The maximum absolute atomic E-state index is 13.5. The van der Waals surface area contributed by atoms with Gasteiger partial charge in [-0.15, -0.1) is 0 Å². The van der Waals surface area contributed by atoms with Crippen LogP contribution >= 0.6 is 0 Å². The number of alkyl halides is 3. The Hall–Kier alpha value is -0.740. The maximum Gasteiger partial charge on any atom is 0.403 e. The number of carbonyl (C=O) groups excluding carboxylic acids is 1. The third kappa shape index (κ3) is 3.63. The fraction of sp³-hybridized carbons (Fsp3) is 0.929. The second kappa shape index (κ2) is 6.62. The van der Waals surface area contributed by atoms with Crippen LogP contribution in [0.25, 0.3) is 0 Å². The van der Waals surface area contributed by atoms with Crippen molar-refractivity contribution in [2.45, 2.75) is 79.1 Å². The van der Waals surface area contributed by atoms with Crippen LogP contribution in [0.1, 0.15) is 60.8 Å². The van der Waals surface area contributed by atoms with Gasteiger partial charge in [-0.2, -0.15) is 13.2 Å². The van der Waals surface area contributed by atoms with Crippen LogP contribution in [-0.2, 0) is 4.79 Å². The Morgan fingerprint density at radius 3 is 1.68 bits per heavy atom. The van der Waals surface area contributed by atoms with E-state index < -0.39 is 17.5 Å². The Kier molecular flexibility index (Phi) is 6.36. The average Bonchev–Trinajstić information content (AvgIpc) is 2.22. The molecule has 5 heteroatoms. The van der Waals surface area contributed by atoms with Crippen molar-refractivity contribution in [2.24, 2.45) is 5.41 Å². The monoisotopic (exact) mass is 281 g/mol. The molecule has 0 aromatic rings. The zero-order valence-electron chi connectivity index (χ0n) is 12.8. The molecule has 1 atom stereocenters. The SMILES string of the molecule is CCCC(CC)(C(=O)N(C(C)C)C(C)C)C(F)(F)F. The van der Waals surface area contributed by atoms with Gasteiger partial charge in [0.2, 0.25) is 5.91 Å². The van der Waals surface area contributed by atoms with Crippen LogP contribution in [0, 0.1) is 5.41 Å². The summed E-state index contributed by atoms with van der Waals surface area (Å²) in [5.74, 6) is -0.783. The summed E-state index contributed by atoms with van der Waals surface area (Å²) in [7, 11) is 0. The van der Waals surface area contributed by atoms with Gasteiger partial charge in [0.05, 0.1) is 0 Å². The molecule has 0 aliphatic rings. The molecule has 0 aromatic heterocycles. The van der Waals surface area contributed by atoms with Crippen LogP contribution in [0.5, 0.6) is 0 Å². The topological polar surface area (TPSA) is 20.3 Å². The van der Waals surface area contributed by atoms with E-state index in [0.717, 1.165) is 0 Å². The van der Waals surface area contributed by atoms with Crippen LogP contribution in [0.4, 0.5) is 13.2 Å². The van der Waals surface area contributed by atoms with Gasteiger partial charge >= 0.3 is 6.18 Å². The fourth-order valence-electron chi connectivity index (χ4n) is 2.64. The molecule has 2 nitrogen and oxygen atoms in total. The minimum absolute atomic E-state index is 0.151. The van der Waals surface area contributed by atoms with E-state index in [9.17, 15) is 18.0 Å². The molecule has 1 amide bonds. The van der Waals surface area contributed by atoms with Crippen LogP contribution in [0.15, 0.2) is 0 Å². The molecule has 0 aromatic carbocycles. The first kappa shape index (κ1) is 18.3. The van der Waals surface area contributed by atoms with Gasteiger partial charge in [0.25, 0.3) is 0 Å². The predicted molar refractivity (Wildman–Crippen MR) is 70.8 cm³/mol. The quantitative estimate of drug-likeness (QED) is 0.707. The molecule has 0 N–H and O–H groups in total. The Bertz CT molecular complexity index is 292. The van der Waals surface area contributed by atoms with E-state index >= 15 is 0 Å². The van der Waals surface area contributed by atoms with Crippen LogP contribution in [-0.4, -0.2) is 29.1 Å². The van der Waals surface area contributed by atoms with Crippen LogP contribution < -0.4 is 0 Å². The lowest BCUT2D eigenvalue weighted by Crippen LogP contribution is -2.55. The lowest BCUT2D eigenvalue weighted by Gasteiger charge is -2.41. The van der Waals surface area contributed by atoms with Crippen molar-refractivity contribution in [3.63, 3.8) is 0 Å². The summed E-state index contributed by atoms with van der Waals surface area (Å²) in [5, 5.41) is 0. The highest BCUT2D eigenvalue weighted by Crippen LogP contribution is 2.46. The number of hydrogen-bond donors (Lipinski definition) is 0. The zero-order chi connectivity index (χ0) is 15.4. The van der Waals surface area contributed by atoms with Crippen LogP contribution in [0.3, 0.4) is 0 Å². The fourth-order valence-corrected chi connectivity index (χ4v) is 2.64. The summed E-state index contributed by atoms with van der Waals surface area (Å²) < 4.78 is 40.4. The second-order valence-electron chi connectivity index (χ2n) is 5.58. The third-order valence-corrected chi connectivity index (χ3v) is 3.58. The first-order valence-corrected chi connectivity index (χ1v) is 6.94. The molecule has 0 spiro atoms. The number of amides is 1. The standard InChI is InChI=1S/C14H26F3NO/c1-7-9-13(8-2,14(15,16)17)12(19)18(10(3)4)11(5)6/h10-11H,7-9H2,1-6H3. The molecule has 0 bridgehead atoms. The molecule has 0 saturated heterocycles. The highest BCUT2D eigenvalue weighted by atomic mass is 19.4. The lowest BCUT2D eigenvalue weighted by atomic mass is 9.78. The Labute approximate surface area is 114 Å². The summed E-state index contributed by atoms with van der Waals surface area (Å²) in [5.41, 5.74) is -2.24. The smallest absolute Gasteiger partial charge is 0.337 e. The van der Waals surface area contributed by atoms with E-state index in [2.05, 4.69) is 0 Å². The Balaban J connectivity index is 5.67. The normalized spacial score (nSPS) is 15.7. The molecule has 0 saturated carbocycles. The molecule has 0 rings (SSSR count). The van der Waals surface area contributed by atoms with Crippen molar-refractivity contribution < 1.29 is 18.0 Å². The van der Waals surface area contributed by atoms with Crippen molar-refractivity contribution in [2.75, 3.05) is 0 Å². The van der Waals surface area contributed by atoms with Gasteiger partial charge in [0, 0.05) is 12.1 Å². The molecule has 0 radical (unpaired) electrons. The molecular formula is C14H26F3NO. The Morgan fingerprint density at radius 1 is 1.05 bits per heavy atom. The minimum Gasteiger partial charge on any atom is -0.337 e. The van der Waals surface area contributed by atoms with Crippen molar-refractivity contribution >= 4 is 5.91 Å². The van der Waals surface area contributed by atoms with E-state index in [-0.39, 0.29) is 24.9 Å². The number of hydrogen-bond acceptors (Lipinski definition) is 1. The van der Waals surface area contributed by atoms with E-state index in [0.29, 0.717) is 6.42 Å². The maximum atomic E-state index is 13.5. The van der Waals surface area contributed by atoms with E-state index in [4.69, 9.17) is 0 Å². The molecule has 0 aliphatic carbocycles. The van der Waals surface area contributed by atoms with Crippen molar-refractivity contribution in [3.05, 3.63) is 0 Å². The van der Waals surface area contributed by atoms with Gasteiger partial charge in [-0.05, 0) is 40.5 Å². The highest BCUT2D eigenvalue weighted by Gasteiger charge is 2.59. The highest BCUT2D eigenvalue weighted by molar-refractivity contribution is 5.84. The summed E-state index contributed by atoms with van der Waals surface area (Å²) >= 11 is 0. The zero-order valence-corrected chi connectivity index (χ0v) is 12.8. The van der Waals surface area contributed by atoms with Crippen molar-refractivity contribution in [1.82, 2.24) is 4.90 Å². The molecule has 114 valence electrons. The van der Waals surface area contributed by atoms with Crippen molar-refractivity contribution in [3.8, 4) is 0 Å². The third-order valence-electron chi connectivity index (χ3n) is 3.58. The van der Waals surface area contributed by atoms with Gasteiger partial charge in [-0.3, -0.25) is 4.79 Å². The molecule has 0 heterocycles. The summed E-state index contributed by atoms with van der Waals surface area (Å²) in [6.45, 7) is 10.1. The van der Waals surface area contributed by atoms with E-state index in [1.165, 1.54) is 11.8 Å². The number of carbonyl (C=O) groups is 1. The summed E-state index contributed by atoms with van der Waals surface area (Å²) in [6, 6.07) is -0.477. The van der Waals surface area contributed by atoms with Gasteiger partial charge in [0.1, 0.15) is 5.41 Å². The van der Waals surface area contributed by atoms with Gasteiger partial charge < -0.3 is 4.90 Å². The predicted octanol–water partition coefficient (Wildman–Crippen LogP) is 4.39. The molecule has 0 fully saturated rings. The van der Waals surface area contributed by atoms with Gasteiger partial charge in [-0.25, -0.2) is 0 Å². The number of rotatable bonds is 6. The largest absolute Gasteiger partial charge is 0.403 e. The van der Waals surface area contributed by atoms with E-state index in [1.54, 1.807) is 34.6 Å². The summed E-state index contributed by atoms with van der Waals surface area (Å²) in [6.07, 6.45) is -4.53. The van der Waals surface area contributed by atoms with Crippen molar-refractivity contribution in [1.29, 1.82) is 0 Å². The second-order valence-corrected chi connectivity index (χ2v) is 5.58. The first-order chi connectivity index (χ1) is 8.55. The molecule has 19 heavy (non-hydrogen) atoms. The summed E-state index contributed by atoms with van der Waals surface area (Å²) in [4.78, 5) is 13.9. The number of halogens is 3. The minimum atomic E-state index is -4.50. The lowest BCUT2D eigenvalue weighted by molar-refractivity contribution is -0.232. The molecule has 1 unspecified atom stereocenters. The van der Waals surface area contributed by atoms with E-state index in [1.807, 2.05) is 0 Å². The molecule has 0 aliphatic heterocycles. The first-order valence-electron chi connectivity index (χ1n) is 6.94. The Morgan fingerprint density at radius 2 is 1.47 bits per heavy atom. The van der Waals surface area contributed by atoms with Gasteiger partial charge in [-0.1, -0.05) is 20.3 Å². The van der Waals surface area contributed by atoms with Gasteiger partial charge in [0.15, 0.2) is 0 Å². The average molecular weight is 281 g/mol. The van der Waals surface area contributed by atoms with Crippen LogP contribution in [0.2, 0.25) is 0 Å². The molecular weight excluding hydrogens is 255 g/mol. The number of nitrogens with zero attached hydrogens (tertiary/aromatic N) is 1.